The fraction of sp³-hybridized carbons (Fsp3) is 0.636. The molecule has 1 saturated heterocycles. The molecule has 1 rings (SSSR count). The summed E-state index contributed by atoms with van der Waals surface area (Å²) in [5.74, 6) is -2.72. The molecule has 0 aromatic rings. The lowest BCUT2D eigenvalue weighted by Gasteiger charge is -2.36. The summed E-state index contributed by atoms with van der Waals surface area (Å²) in [6, 6.07) is 0.678. The van der Waals surface area contributed by atoms with E-state index in [-0.39, 0.29) is 11.9 Å². The van der Waals surface area contributed by atoms with E-state index >= 15 is 0 Å². The second-order valence-corrected chi connectivity index (χ2v) is 4.16. The normalized spacial score (nSPS) is 23.1. The van der Waals surface area contributed by atoms with E-state index in [4.69, 9.17) is 9.90 Å². The van der Waals surface area contributed by atoms with Crippen molar-refractivity contribution in [1.82, 2.24) is 10.2 Å². The van der Waals surface area contributed by atoms with Gasteiger partial charge in [0.05, 0.1) is 0 Å². The summed E-state index contributed by atoms with van der Waals surface area (Å²) in [5, 5.41) is 10.4. The number of piperazine rings is 1. The van der Waals surface area contributed by atoms with Crippen LogP contribution >= 0.6 is 0 Å². The molecule has 0 aromatic carbocycles. The zero-order chi connectivity index (χ0) is 15.2. The number of hydrogen-bond donors (Lipinski definition) is 2. The van der Waals surface area contributed by atoms with E-state index in [2.05, 4.69) is 18.8 Å². The number of nitrogens with one attached hydrogen (secondary N) is 1. The topological polar surface area (TPSA) is 69.6 Å². The van der Waals surface area contributed by atoms with Gasteiger partial charge >= 0.3 is 12.1 Å². The highest BCUT2D eigenvalue weighted by atomic mass is 19.4. The number of carboxylic acids is 1. The van der Waals surface area contributed by atoms with E-state index in [0.717, 1.165) is 13.1 Å². The number of rotatable bonds is 1. The van der Waals surface area contributed by atoms with Crippen LogP contribution in [0.25, 0.3) is 0 Å². The second kappa shape index (κ2) is 7.13. The van der Waals surface area contributed by atoms with E-state index in [1.54, 1.807) is 0 Å². The molecule has 0 aromatic heterocycles. The summed E-state index contributed by atoms with van der Waals surface area (Å²) in [7, 11) is 0. The number of hydrogen-bond acceptors (Lipinski definition) is 3. The summed E-state index contributed by atoms with van der Waals surface area (Å²) in [6.07, 6.45) is -3.70. The summed E-state index contributed by atoms with van der Waals surface area (Å²) in [5.41, 5.74) is 0. The Labute approximate surface area is 109 Å². The van der Waals surface area contributed by atoms with Crippen LogP contribution in [0.3, 0.4) is 0 Å². The van der Waals surface area contributed by atoms with Crippen molar-refractivity contribution in [1.29, 1.82) is 0 Å². The number of nitrogens with zero attached hydrogens (tertiary/aromatic N) is 1. The van der Waals surface area contributed by atoms with Crippen molar-refractivity contribution in [3.63, 3.8) is 0 Å². The largest absolute Gasteiger partial charge is 0.490 e. The Morgan fingerprint density at radius 2 is 1.89 bits per heavy atom. The summed E-state index contributed by atoms with van der Waals surface area (Å²) < 4.78 is 31.7. The van der Waals surface area contributed by atoms with Gasteiger partial charge in [0.25, 0.3) is 0 Å². The van der Waals surface area contributed by atoms with Gasteiger partial charge in [0.15, 0.2) is 0 Å². The Morgan fingerprint density at radius 1 is 1.42 bits per heavy atom. The Bertz CT molecular complexity index is 345. The molecule has 1 aliphatic rings. The highest BCUT2D eigenvalue weighted by Crippen LogP contribution is 2.13. The monoisotopic (exact) mass is 282 g/mol. The third kappa shape index (κ3) is 6.23. The standard InChI is InChI=1S/C9H16N2O.C2HF3O2/c1-4-9(12)11-6-7(2)10-5-8(11)3;3-2(4,5)1(6)7/h4,7-8,10H,1,5-6H2,2-3H3;(H,6,7)/t7-,8+;/m0./s1. The van der Waals surface area contributed by atoms with E-state index in [1.807, 2.05) is 11.8 Å². The minimum atomic E-state index is -5.08. The minimum Gasteiger partial charge on any atom is -0.475 e. The first-order valence-electron chi connectivity index (χ1n) is 5.56. The van der Waals surface area contributed by atoms with E-state index in [9.17, 15) is 18.0 Å². The van der Waals surface area contributed by atoms with Crippen LogP contribution in [0.15, 0.2) is 12.7 Å². The molecule has 19 heavy (non-hydrogen) atoms. The van der Waals surface area contributed by atoms with Crippen molar-refractivity contribution in [2.45, 2.75) is 32.1 Å². The lowest BCUT2D eigenvalue weighted by atomic mass is 10.1. The predicted octanol–water partition coefficient (Wildman–Crippen LogP) is 1.01. The maximum absolute atomic E-state index is 11.3. The molecule has 0 saturated carbocycles. The lowest BCUT2D eigenvalue weighted by Crippen LogP contribution is -2.55. The van der Waals surface area contributed by atoms with Gasteiger partial charge in [0, 0.05) is 25.2 Å². The molecule has 110 valence electrons. The maximum Gasteiger partial charge on any atom is 0.490 e. The minimum absolute atomic E-state index is 0.0378. The van der Waals surface area contributed by atoms with Crippen LogP contribution in [-0.4, -0.2) is 53.2 Å². The number of aliphatic carboxylic acids is 1. The zero-order valence-corrected chi connectivity index (χ0v) is 10.7. The summed E-state index contributed by atoms with van der Waals surface area (Å²) in [6.45, 7) is 9.26. The first-order valence-corrected chi connectivity index (χ1v) is 5.56. The first-order chi connectivity index (χ1) is 8.59. The van der Waals surface area contributed by atoms with Crippen molar-refractivity contribution >= 4 is 11.9 Å². The molecule has 0 aliphatic carbocycles. The first kappa shape index (κ1) is 17.4. The van der Waals surface area contributed by atoms with Gasteiger partial charge < -0.3 is 15.3 Å². The van der Waals surface area contributed by atoms with Gasteiger partial charge in [0.1, 0.15) is 0 Å². The van der Waals surface area contributed by atoms with Crippen LogP contribution < -0.4 is 5.32 Å². The molecule has 0 bridgehead atoms. The van der Waals surface area contributed by atoms with Crippen molar-refractivity contribution in [2.75, 3.05) is 13.1 Å². The molecule has 1 aliphatic heterocycles. The van der Waals surface area contributed by atoms with E-state index in [0.29, 0.717) is 6.04 Å². The molecule has 0 spiro atoms. The van der Waals surface area contributed by atoms with Gasteiger partial charge in [-0.25, -0.2) is 4.79 Å². The van der Waals surface area contributed by atoms with Crippen LogP contribution in [0.1, 0.15) is 13.8 Å². The number of carboxylic acid groups (broad SMARTS) is 1. The molecule has 2 atom stereocenters. The van der Waals surface area contributed by atoms with E-state index < -0.39 is 12.1 Å². The summed E-state index contributed by atoms with van der Waals surface area (Å²) >= 11 is 0. The number of amides is 1. The van der Waals surface area contributed by atoms with Crippen molar-refractivity contribution in [3.8, 4) is 0 Å². The molecule has 0 radical (unpaired) electrons. The van der Waals surface area contributed by atoms with Gasteiger partial charge in [0.2, 0.25) is 5.91 Å². The molecular formula is C11H17F3N2O3. The SMILES string of the molecule is C=CC(=O)N1C[C@H](C)NC[C@H]1C.O=C(O)C(F)(F)F. The molecule has 1 fully saturated rings. The number of halogens is 3. The third-order valence-corrected chi connectivity index (χ3v) is 2.46. The third-order valence-electron chi connectivity index (χ3n) is 2.46. The molecule has 5 nitrogen and oxygen atoms in total. The zero-order valence-electron chi connectivity index (χ0n) is 10.7. The van der Waals surface area contributed by atoms with Crippen LogP contribution in [0.4, 0.5) is 13.2 Å². The summed E-state index contributed by atoms with van der Waals surface area (Å²) in [4.78, 5) is 22.1. The number of alkyl halides is 3. The average Bonchev–Trinajstić information content (AvgIpc) is 2.31. The Morgan fingerprint density at radius 3 is 2.26 bits per heavy atom. The molecule has 1 heterocycles. The van der Waals surface area contributed by atoms with Crippen molar-refractivity contribution < 1.29 is 27.9 Å². The van der Waals surface area contributed by atoms with Crippen LogP contribution in [0.2, 0.25) is 0 Å². The predicted molar refractivity (Wildman–Crippen MR) is 62.5 cm³/mol. The van der Waals surface area contributed by atoms with Crippen LogP contribution in [0, 0.1) is 0 Å². The Balaban J connectivity index is 0.000000399. The van der Waals surface area contributed by atoms with Crippen LogP contribution in [-0.2, 0) is 9.59 Å². The number of carbonyl (C=O) groups is 2. The van der Waals surface area contributed by atoms with Crippen LogP contribution in [0.5, 0.6) is 0 Å². The quantitative estimate of drug-likeness (QED) is 0.704. The fourth-order valence-electron chi connectivity index (χ4n) is 1.45. The van der Waals surface area contributed by atoms with Gasteiger partial charge in [-0.05, 0) is 19.9 Å². The molecular weight excluding hydrogens is 265 g/mol. The van der Waals surface area contributed by atoms with Crippen molar-refractivity contribution in [2.24, 2.45) is 0 Å². The van der Waals surface area contributed by atoms with Gasteiger partial charge in [-0.15, -0.1) is 0 Å². The Kier molecular flexibility index (Phi) is 6.54. The smallest absolute Gasteiger partial charge is 0.475 e. The average molecular weight is 282 g/mol. The highest BCUT2D eigenvalue weighted by Gasteiger charge is 2.38. The van der Waals surface area contributed by atoms with E-state index in [1.165, 1.54) is 6.08 Å². The van der Waals surface area contributed by atoms with Gasteiger partial charge in [-0.3, -0.25) is 4.79 Å². The highest BCUT2D eigenvalue weighted by molar-refractivity contribution is 5.87. The maximum atomic E-state index is 11.3. The fourth-order valence-corrected chi connectivity index (χ4v) is 1.45. The second-order valence-electron chi connectivity index (χ2n) is 4.16. The molecule has 2 N–H and O–H groups in total. The Hall–Kier alpha value is -1.57. The van der Waals surface area contributed by atoms with Gasteiger partial charge in [-0.2, -0.15) is 13.2 Å². The van der Waals surface area contributed by atoms with Gasteiger partial charge in [-0.1, -0.05) is 6.58 Å². The number of carbonyl (C=O) groups excluding carboxylic acids is 1. The lowest BCUT2D eigenvalue weighted by molar-refractivity contribution is -0.192. The van der Waals surface area contributed by atoms with Crippen molar-refractivity contribution in [3.05, 3.63) is 12.7 Å². The molecule has 8 heteroatoms. The molecule has 1 amide bonds. The molecule has 0 unspecified atom stereocenters.